The zero-order chi connectivity index (χ0) is 10.0. The summed E-state index contributed by atoms with van der Waals surface area (Å²) in [6, 6.07) is 0. The van der Waals surface area contributed by atoms with Crippen LogP contribution in [0, 0.1) is 0 Å². The molecule has 1 aromatic heterocycles. The summed E-state index contributed by atoms with van der Waals surface area (Å²) < 4.78 is 24.4. The molecule has 0 unspecified atom stereocenters. The Morgan fingerprint density at radius 3 is 2.62 bits per heavy atom. The summed E-state index contributed by atoms with van der Waals surface area (Å²) in [6.45, 7) is -0.674. The van der Waals surface area contributed by atoms with Crippen LogP contribution in [0.3, 0.4) is 0 Å². The minimum absolute atomic E-state index is 0.227. The molecule has 13 heavy (non-hydrogen) atoms. The Bertz CT molecular complexity index is 318. The van der Waals surface area contributed by atoms with E-state index in [4.69, 9.17) is 15.9 Å². The number of aliphatic hydroxyl groups excluding tert-OH is 1. The molecule has 6 heteroatoms. The molecule has 0 atom stereocenters. The molecule has 0 aliphatic heterocycles. The summed E-state index contributed by atoms with van der Waals surface area (Å²) in [7, 11) is 0. The maximum atomic E-state index is 12.2. The molecular weight excluding hydrogens is 182 g/mol. The van der Waals surface area contributed by atoms with Crippen LogP contribution < -0.4 is 5.73 Å². The molecule has 0 bridgehead atoms. The molecular formula is C7H8F2N2O2. The van der Waals surface area contributed by atoms with E-state index in [0.29, 0.717) is 0 Å². The second-order valence-corrected chi connectivity index (χ2v) is 2.38. The highest BCUT2D eigenvalue weighted by molar-refractivity contribution is 5.58. The van der Waals surface area contributed by atoms with E-state index in [1.54, 1.807) is 0 Å². The molecule has 4 nitrogen and oxygen atoms in total. The fourth-order valence-corrected chi connectivity index (χ4v) is 0.925. The number of aromatic nitrogens is 1. The summed E-state index contributed by atoms with van der Waals surface area (Å²) in [6.07, 6.45) is -1.99. The van der Waals surface area contributed by atoms with Gasteiger partial charge in [0.1, 0.15) is 5.69 Å². The van der Waals surface area contributed by atoms with Crippen LogP contribution in [0.5, 0.6) is 5.75 Å². The fraction of sp³-hybridized carbons (Fsp3) is 0.286. The van der Waals surface area contributed by atoms with Crippen molar-refractivity contribution in [2.24, 2.45) is 0 Å². The number of rotatable bonds is 2. The van der Waals surface area contributed by atoms with Gasteiger partial charge in [-0.1, -0.05) is 0 Å². The third-order valence-electron chi connectivity index (χ3n) is 1.60. The van der Waals surface area contributed by atoms with Gasteiger partial charge in [0.2, 0.25) is 0 Å². The number of anilines is 1. The zero-order valence-corrected chi connectivity index (χ0v) is 6.54. The summed E-state index contributed by atoms with van der Waals surface area (Å²) in [5.74, 6) is -0.409. The Hall–Kier alpha value is -1.43. The first-order valence-electron chi connectivity index (χ1n) is 3.43. The molecule has 0 amide bonds. The van der Waals surface area contributed by atoms with Gasteiger partial charge in [-0.15, -0.1) is 0 Å². The first-order valence-corrected chi connectivity index (χ1v) is 3.43. The highest BCUT2D eigenvalue weighted by atomic mass is 19.3. The topological polar surface area (TPSA) is 79.4 Å². The molecule has 0 saturated heterocycles. The number of nitrogens with two attached hydrogens (primary N) is 1. The molecule has 0 radical (unpaired) electrons. The van der Waals surface area contributed by atoms with E-state index in [1.165, 1.54) is 0 Å². The Labute approximate surface area is 72.6 Å². The number of hydrogen-bond acceptors (Lipinski definition) is 4. The number of aliphatic hydroxyl groups is 1. The Kier molecular flexibility index (Phi) is 2.62. The van der Waals surface area contributed by atoms with E-state index in [-0.39, 0.29) is 11.3 Å². The van der Waals surface area contributed by atoms with Crippen LogP contribution in [0.4, 0.5) is 14.5 Å². The molecule has 0 aliphatic carbocycles. The molecule has 1 aromatic rings. The van der Waals surface area contributed by atoms with E-state index in [9.17, 15) is 8.78 Å². The summed E-state index contributed by atoms with van der Waals surface area (Å²) in [5, 5.41) is 17.7. The van der Waals surface area contributed by atoms with Crippen molar-refractivity contribution in [3.8, 4) is 5.75 Å². The summed E-state index contributed by atoms with van der Waals surface area (Å²) in [4.78, 5) is 3.27. The monoisotopic (exact) mass is 190 g/mol. The van der Waals surface area contributed by atoms with Crippen molar-refractivity contribution in [2.45, 2.75) is 13.0 Å². The lowest BCUT2D eigenvalue weighted by atomic mass is 10.1. The second-order valence-electron chi connectivity index (χ2n) is 2.38. The minimum atomic E-state index is -2.81. The van der Waals surface area contributed by atoms with Gasteiger partial charge < -0.3 is 15.9 Å². The van der Waals surface area contributed by atoms with Crippen LogP contribution in [-0.2, 0) is 6.61 Å². The van der Waals surface area contributed by atoms with Crippen molar-refractivity contribution in [1.82, 2.24) is 4.98 Å². The van der Waals surface area contributed by atoms with Gasteiger partial charge in [-0.05, 0) is 0 Å². The van der Waals surface area contributed by atoms with Crippen LogP contribution in [0.2, 0.25) is 0 Å². The van der Waals surface area contributed by atoms with Crippen molar-refractivity contribution in [3.63, 3.8) is 0 Å². The first kappa shape index (κ1) is 9.66. The highest BCUT2D eigenvalue weighted by Crippen LogP contribution is 2.30. The maximum Gasteiger partial charge on any atom is 0.280 e. The van der Waals surface area contributed by atoms with Crippen LogP contribution in [0.1, 0.15) is 17.7 Å². The SMILES string of the molecule is Nc1c(O)cnc(C(F)F)c1CO. The predicted octanol–water partition coefficient (Wildman–Crippen LogP) is 0.799. The van der Waals surface area contributed by atoms with Crippen molar-refractivity contribution in [3.05, 3.63) is 17.5 Å². The quantitative estimate of drug-likeness (QED) is 0.644. The number of aromatic hydroxyl groups is 1. The number of pyridine rings is 1. The standard InChI is InChI=1S/C7H8F2N2O2/c8-7(9)6-3(2-12)5(10)4(13)1-11-6/h1,7,12-13H,2H2,(H2,10,11). The molecule has 0 fully saturated rings. The van der Waals surface area contributed by atoms with Crippen molar-refractivity contribution in [1.29, 1.82) is 0 Å². The number of hydrogen-bond donors (Lipinski definition) is 3. The van der Waals surface area contributed by atoms with Gasteiger partial charge in [-0.2, -0.15) is 0 Å². The molecule has 1 rings (SSSR count). The first-order chi connectivity index (χ1) is 6.07. The highest BCUT2D eigenvalue weighted by Gasteiger charge is 2.18. The van der Waals surface area contributed by atoms with Crippen LogP contribution in [-0.4, -0.2) is 15.2 Å². The van der Waals surface area contributed by atoms with Crippen molar-refractivity contribution < 1.29 is 19.0 Å². The molecule has 0 saturated carbocycles. The van der Waals surface area contributed by atoms with Crippen molar-refractivity contribution >= 4 is 5.69 Å². The molecule has 1 heterocycles. The minimum Gasteiger partial charge on any atom is -0.504 e. The molecule has 72 valence electrons. The van der Waals surface area contributed by atoms with Gasteiger partial charge >= 0.3 is 0 Å². The zero-order valence-electron chi connectivity index (χ0n) is 6.54. The third kappa shape index (κ3) is 1.67. The fourth-order valence-electron chi connectivity index (χ4n) is 0.925. The average molecular weight is 190 g/mol. The molecule has 4 N–H and O–H groups in total. The molecule has 0 spiro atoms. The van der Waals surface area contributed by atoms with Gasteiger partial charge in [-0.3, -0.25) is 4.98 Å². The normalized spacial score (nSPS) is 10.8. The van der Waals surface area contributed by atoms with Crippen LogP contribution in [0.15, 0.2) is 6.20 Å². The predicted molar refractivity (Wildman–Crippen MR) is 41.2 cm³/mol. The van der Waals surface area contributed by atoms with E-state index in [0.717, 1.165) is 6.20 Å². The molecule has 0 aromatic carbocycles. The number of nitrogen functional groups attached to an aromatic ring is 1. The van der Waals surface area contributed by atoms with Gasteiger partial charge in [-0.25, -0.2) is 8.78 Å². The number of alkyl halides is 2. The van der Waals surface area contributed by atoms with Gasteiger partial charge in [0.25, 0.3) is 6.43 Å². The maximum absolute atomic E-state index is 12.2. The van der Waals surface area contributed by atoms with E-state index >= 15 is 0 Å². The lowest BCUT2D eigenvalue weighted by Crippen LogP contribution is -2.03. The Morgan fingerprint density at radius 2 is 2.15 bits per heavy atom. The van der Waals surface area contributed by atoms with Gasteiger partial charge in [0.15, 0.2) is 5.75 Å². The second kappa shape index (κ2) is 3.53. The van der Waals surface area contributed by atoms with Gasteiger partial charge in [0, 0.05) is 5.56 Å². The van der Waals surface area contributed by atoms with E-state index in [1.807, 2.05) is 0 Å². The summed E-state index contributed by atoms with van der Waals surface area (Å²) in [5.41, 5.74) is 4.17. The smallest absolute Gasteiger partial charge is 0.280 e. The van der Waals surface area contributed by atoms with Gasteiger partial charge in [0.05, 0.1) is 18.5 Å². The van der Waals surface area contributed by atoms with E-state index in [2.05, 4.69) is 4.98 Å². The Morgan fingerprint density at radius 1 is 1.54 bits per heavy atom. The Balaban J connectivity index is 3.30. The van der Waals surface area contributed by atoms with Crippen LogP contribution >= 0.6 is 0 Å². The van der Waals surface area contributed by atoms with Crippen LogP contribution in [0.25, 0.3) is 0 Å². The number of nitrogens with zero attached hydrogens (tertiary/aromatic N) is 1. The molecule has 0 aliphatic rings. The van der Waals surface area contributed by atoms with Crippen molar-refractivity contribution in [2.75, 3.05) is 5.73 Å². The lowest BCUT2D eigenvalue weighted by Gasteiger charge is -2.09. The summed E-state index contributed by atoms with van der Waals surface area (Å²) >= 11 is 0. The number of halogens is 2. The average Bonchev–Trinajstić information content (AvgIpc) is 2.09. The third-order valence-corrected chi connectivity index (χ3v) is 1.60. The largest absolute Gasteiger partial charge is 0.504 e. The van der Waals surface area contributed by atoms with E-state index < -0.39 is 24.5 Å². The lowest BCUT2D eigenvalue weighted by molar-refractivity contribution is 0.141.